The maximum Gasteiger partial charge on any atom is 0.311 e. The van der Waals surface area contributed by atoms with Crippen molar-refractivity contribution in [3.63, 3.8) is 0 Å². The van der Waals surface area contributed by atoms with E-state index in [1.54, 1.807) is 6.92 Å². The van der Waals surface area contributed by atoms with Crippen LogP contribution in [-0.4, -0.2) is 137 Å². The van der Waals surface area contributed by atoms with Crippen molar-refractivity contribution in [2.75, 3.05) is 0 Å². The molecule has 6 bridgehead atoms. The number of esters is 6. The Morgan fingerprint density at radius 3 is 1.08 bits per heavy atom. The molecule has 668 valence electrons. The molecular formula is C97H172O18. The van der Waals surface area contributed by atoms with E-state index in [0.29, 0.717) is 71.5 Å². The molecule has 115 heavy (non-hydrogen) atoms. The Hall–Kier alpha value is -3.42. The Bertz CT molecular complexity index is 2920. The zero-order valence-corrected chi connectivity index (χ0v) is 77.3. The zero-order valence-electron chi connectivity index (χ0n) is 77.3. The number of aliphatic hydroxyl groups is 6. The zero-order chi connectivity index (χ0) is 86.5. The van der Waals surface area contributed by atoms with E-state index >= 15 is 0 Å². The molecule has 11 rings (SSSR count). The van der Waals surface area contributed by atoms with Crippen LogP contribution in [0.4, 0.5) is 0 Å². The predicted octanol–water partition coefficient (Wildman–Crippen LogP) is 20.6. The van der Waals surface area contributed by atoms with E-state index in [4.69, 9.17) is 28.4 Å². The molecule has 11 aliphatic rings. The molecule has 0 heterocycles. The summed E-state index contributed by atoms with van der Waals surface area (Å²) in [6.45, 7) is 47.5. The van der Waals surface area contributed by atoms with Gasteiger partial charge in [-0.2, -0.15) is 0 Å². The minimum absolute atomic E-state index is 0.0247. The summed E-state index contributed by atoms with van der Waals surface area (Å²) in [7, 11) is 0. The molecule has 0 saturated heterocycles. The van der Waals surface area contributed by atoms with Crippen molar-refractivity contribution in [3.05, 3.63) is 0 Å². The van der Waals surface area contributed by atoms with Crippen LogP contribution in [0.2, 0.25) is 0 Å². The highest BCUT2D eigenvalue weighted by Crippen LogP contribution is 2.59. The second kappa shape index (κ2) is 41.6. The van der Waals surface area contributed by atoms with E-state index in [9.17, 15) is 59.4 Å². The predicted molar refractivity (Wildman–Crippen MR) is 455 cm³/mol. The Morgan fingerprint density at radius 2 is 0.730 bits per heavy atom. The van der Waals surface area contributed by atoms with Crippen molar-refractivity contribution < 1.29 is 87.8 Å². The first-order valence-corrected chi connectivity index (χ1v) is 47.1. The quantitative estimate of drug-likeness (QED) is 0.0300. The van der Waals surface area contributed by atoms with Gasteiger partial charge in [0, 0.05) is 12.3 Å². The fourth-order valence-electron chi connectivity index (χ4n) is 20.8. The van der Waals surface area contributed by atoms with Crippen molar-refractivity contribution >= 4 is 35.8 Å². The summed E-state index contributed by atoms with van der Waals surface area (Å²) in [5, 5.41) is 63.0. The highest BCUT2D eigenvalue weighted by Gasteiger charge is 2.59. The van der Waals surface area contributed by atoms with Gasteiger partial charge in [0.1, 0.15) is 42.2 Å². The molecule has 6 N–H and O–H groups in total. The van der Waals surface area contributed by atoms with E-state index in [-0.39, 0.29) is 100 Å². The average Bonchev–Trinajstić information content (AvgIpc) is 1.61. The lowest BCUT2D eigenvalue weighted by Gasteiger charge is -2.40. The molecule has 0 aromatic carbocycles. The first-order valence-electron chi connectivity index (χ1n) is 47.1. The van der Waals surface area contributed by atoms with E-state index in [1.165, 1.54) is 12.8 Å². The number of hydrogen-bond donors (Lipinski definition) is 6. The van der Waals surface area contributed by atoms with Crippen molar-refractivity contribution in [3.8, 4) is 0 Å². The molecule has 0 amide bonds. The molecule has 15 atom stereocenters. The van der Waals surface area contributed by atoms with Gasteiger partial charge in [0.15, 0.2) is 0 Å². The Morgan fingerprint density at radius 1 is 0.374 bits per heavy atom. The maximum absolute atomic E-state index is 12.3. The van der Waals surface area contributed by atoms with Crippen LogP contribution >= 0.6 is 0 Å². The molecule has 0 aliphatic heterocycles. The van der Waals surface area contributed by atoms with E-state index in [1.807, 2.05) is 118 Å². The summed E-state index contributed by atoms with van der Waals surface area (Å²) in [6.07, 6.45) is 35.9. The molecule has 11 saturated carbocycles. The van der Waals surface area contributed by atoms with Gasteiger partial charge in [-0.15, -0.1) is 0 Å². The summed E-state index contributed by atoms with van der Waals surface area (Å²) in [5.41, 5.74) is -5.12. The van der Waals surface area contributed by atoms with Crippen LogP contribution < -0.4 is 0 Å². The van der Waals surface area contributed by atoms with Crippen LogP contribution in [0.15, 0.2) is 0 Å². The standard InChI is InChI=1S/C18H30O3.2C18H32O3.C17H30O3.C17H32O3.C9H16O3/c1-4-17(2,3)16(19)21-15-11-12-9-13(15)10-14(12)18(20)7-5-6-8-18;1-6-17(4,5)16(19)21-15-11-12-9-13(15)10-14(12)18(20,7-2)8-3;1-6-17(4,5)16(19)21-15-11-12-9-13(15)14(10-12)18(20,7-2)8-3;1-4-16(2,3)15(18)20-14-9-7-13(8-10-14)17(19)11-5-6-12-17;1-6-16(4,5)15(18)20-14-11-9-13(10-12-14)17(19,7-2)8-3;1-4-6(2)8(10)12-7-5-9(7,3)11/h12-15,20H,4-11H2,1-3H3;2*12-15,20H,6-11H2,1-5H3;13-14,19H,4-12H2,1-3H3;13-14,19H,6-12H2,1-5H3;6-7,11H,4-5H2,1-3H3. The molecule has 18 heteroatoms. The highest BCUT2D eigenvalue weighted by atomic mass is 16.6. The molecule has 0 spiro atoms. The monoisotopic (exact) mass is 1630 g/mol. The number of fused-ring (bicyclic) bond motifs is 6. The highest BCUT2D eigenvalue weighted by molar-refractivity contribution is 5.78. The number of hydrogen-bond acceptors (Lipinski definition) is 18. The maximum atomic E-state index is 12.3. The molecule has 11 fully saturated rings. The van der Waals surface area contributed by atoms with E-state index in [0.717, 1.165) is 225 Å². The topological polar surface area (TPSA) is 279 Å². The van der Waals surface area contributed by atoms with Gasteiger partial charge >= 0.3 is 35.8 Å². The van der Waals surface area contributed by atoms with Crippen molar-refractivity contribution in [1.82, 2.24) is 0 Å². The number of ether oxygens (including phenoxy) is 6. The van der Waals surface area contributed by atoms with Crippen LogP contribution in [-0.2, 0) is 57.2 Å². The lowest BCUT2D eigenvalue weighted by Crippen LogP contribution is -2.45. The molecule has 15 unspecified atom stereocenters. The summed E-state index contributed by atoms with van der Waals surface area (Å²) in [6, 6.07) is 0. The molecular weight excluding hydrogens is 1450 g/mol. The van der Waals surface area contributed by atoms with Crippen LogP contribution in [0.1, 0.15) is 410 Å². The second-order valence-corrected chi connectivity index (χ2v) is 42.1. The molecule has 0 radical (unpaired) electrons. The summed E-state index contributed by atoms with van der Waals surface area (Å²) in [4.78, 5) is 72.2. The van der Waals surface area contributed by atoms with Crippen LogP contribution in [0.5, 0.6) is 0 Å². The SMILES string of the molecule is CCC(C)(C)C(=O)OC1CC2CC1C(C(O)(CC)CC)C2.CCC(C)(C)C(=O)OC1CC2CC1CC2C(O)(CC)CC.CCC(C)(C)C(=O)OC1CC2CC1CC2C1(O)CCCC1.CCC(C)(C)C(=O)OC1CCC(C(O)(CC)CC)CC1.CCC(C)(C)C(=O)OC1CCC(C2(O)CCCC2)CC1.CCC(C)C(=O)OC1CC1(C)O. The smallest absolute Gasteiger partial charge is 0.311 e. The van der Waals surface area contributed by atoms with Crippen molar-refractivity contribution in [1.29, 1.82) is 0 Å². The third kappa shape index (κ3) is 25.4. The summed E-state index contributed by atoms with van der Waals surface area (Å²) < 4.78 is 33.9. The van der Waals surface area contributed by atoms with Gasteiger partial charge in [0.05, 0.1) is 61.0 Å². The number of rotatable bonds is 29. The van der Waals surface area contributed by atoms with Gasteiger partial charge in [-0.1, -0.05) is 116 Å². The number of carbonyl (C=O) groups excluding carboxylic acids is 6. The second-order valence-electron chi connectivity index (χ2n) is 42.1. The van der Waals surface area contributed by atoms with Gasteiger partial charge in [-0.3, -0.25) is 28.8 Å². The Balaban J connectivity index is 0.000000216. The molecule has 0 aromatic heterocycles. The minimum Gasteiger partial charge on any atom is -0.462 e. The van der Waals surface area contributed by atoms with E-state index < -0.39 is 39.0 Å². The third-order valence-corrected chi connectivity index (χ3v) is 32.8. The Labute approximate surface area is 698 Å². The van der Waals surface area contributed by atoms with Gasteiger partial charge in [-0.05, 0) is 347 Å². The fraction of sp³-hybridized carbons (Fsp3) is 0.938. The molecule has 18 nitrogen and oxygen atoms in total. The van der Waals surface area contributed by atoms with Gasteiger partial charge in [0.25, 0.3) is 0 Å². The normalized spacial score (nSPS) is 32.0. The van der Waals surface area contributed by atoms with Crippen molar-refractivity contribution in [2.24, 2.45) is 98.1 Å². The van der Waals surface area contributed by atoms with Crippen LogP contribution in [0.25, 0.3) is 0 Å². The summed E-state index contributed by atoms with van der Waals surface area (Å²) >= 11 is 0. The molecule has 0 aromatic rings. The van der Waals surface area contributed by atoms with Crippen LogP contribution in [0.3, 0.4) is 0 Å². The van der Waals surface area contributed by atoms with Gasteiger partial charge in [0.2, 0.25) is 0 Å². The van der Waals surface area contributed by atoms with Crippen LogP contribution in [0, 0.1) is 98.1 Å². The number of carbonyl (C=O) groups is 6. The van der Waals surface area contributed by atoms with Crippen molar-refractivity contribution in [2.45, 2.75) is 480 Å². The minimum atomic E-state index is -0.761. The third-order valence-electron chi connectivity index (χ3n) is 32.8. The lowest BCUT2D eigenvalue weighted by atomic mass is 9.72. The first-order chi connectivity index (χ1) is 53.5. The fourth-order valence-corrected chi connectivity index (χ4v) is 20.8. The Kier molecular flexibility index (Phi) is 36.3. The molecule has 11 aliphatic carbocycles. The first kappa shape index (κ1) is 100. The van der Waals surface area contributed by atoms with Gasteiger partial charge in [-0.25, -0.2) is 0 Å². The average molecular weight is 1630 g/mol. The lowest BCUT2D eigenvalue weighted by molar-refractivity contribution is -0.167. The van der Waals surface area contributed by atoms with E-state index in [2.05, 4.69) is 41.5 Å². The summed E-state index contributed by atoms with van der Waals surface area (Å²) in [5.74, 6) is 4.39. The van der Waals surface area contributed by atoms with Gasteiger partial charge < -0.3 is 59.1 Å². The largest absolute Gasteiger partial charge is 0.462 e.